The van der Waals surface area contributed by atoms with E-state index in [0.717, 1.165) is 31.0 Å². The van der Waals surface area contributed by atoms with E-state index in [4.69, 9.17) is 11.5 Å². The largest absolute Gasteiger partial charge is 0.370 e. The molecule has 5 nitrogen and oxygen atoms in total. The predicted octanol–water partition coefficient (Wildman–Crippen LogP) is 1.35. The Morgan fingerprint density at radius 3 is 2.65 bits per heavy atom. The highest BCUT2D eigenvalue weighted by Crippen LogP contribution is 2.48. The first kappa shape index (κ1) is 14.2. The standard InChI is InChI=1S/C13H16F2N4O/c14-8-1-2-9(15)10(5-8)19-12(17)18-7-13(3-4-13)6-11(16)20/h1-2,5H,3-4,6-7H2,(H2,16,20)(H3,17,18,19). The number of nitrogens with one attached hydrogen (secondary N) is 1. The highest BCUT2D eigenvalue weighted by atomic mass is 19.1. The molecule has 0 heterocycles. The number of hydrogen-bond acceptors (Lipinski definition) is 2. The van der Waals surface area contributed by atoms with Crippen molar-refractivity contribution in [2.75, 3.05) is 11.9 Å². The van der Waals surface area contributed by atoms with Crippen molar-refractivity contribution in [1.29, 1.82) is 0 Å². The summed E-state index contributed by atoms with van der Waals surface area (Å²) < 4.78 is 26.4. The van der Waals surface area contributed by atoms with Crippen LogP contribution in [0.5, 0.6) is 0 Å². The third-order valence-electron chi connectivity index (χ3n) is 3.28. The molecule has 1 aromatic carbocycles. The van der Waals surface area contributed by atoms with Gasteiger partial charge in [-0.05, 0) is 30.4 Å². The van der Waals surface area contributed by atoms with E-state index in [0.29, 0.717) is 6.54 Å². The fourth-order valence-electron chi connectivity index (χ4n) is 1.96. The second-order valence-electron chi connectivity index (χ2n) is 5.09. The second-order valence-corrected chi connectivity index (χ2v) is 5.09. The van der Waals surface area contributed by atoms with E-state index >= 15 is 0 Å². The third-order valence-corrected chi connectivity index (χ3v) is 3.28. The lowest BCUT2D eigenvalue weighted by Gasteiger charge is -2.11. The zero-order valence-electron chi connectivity index (χ0n) is 10.8. The summed E-state index contributed by atoms with van der Waals surface area (Å²) in [4.78, 5) is 15.0. The van der Waals surface area contributed by atoms with Crippen LogP contribution in [0.15, 0.2) is 23.2 Å². The van der Waals surface area contributed by atoms with Gasteiger partial charge < -0.3 is 16.8 Å². The lowest BCUT2D eigenvalue weighted by molar-refractivity contribution is -0.119. The molecule has 1 fully saturated rings. The number of aliphatic imine (C=N–C) groups is 1. The van der Waals surface area contributed by atoms with E-state index in [1.165, 1.54) is 0 Å². The quantitative estimate of drug-likeness (QED) is 0.562. The number of amides is 1. The summed E-state index contributed by atoms with van der Waals surface area (Å²) in [6.07, 6.45) is 1.99. The summed E-state index contributed by atoms with van der Waals surface area (Å²) in [6.45, 7) is 0.339. The van der Waals surface area contributed by atoms with Crippen LogP contribution in [0.2, 0.25) is 0 Å². The first-order valence-corrected chi connectivity index (χ1v) is 6.21. The van der Waals surface area contributed by atoms with Gasteiger partial charge in [-0.25, -0.2) is 8.78 Å². The van der Waals surface area contributed by atoms with Gasteiger partial charge in [0.2, 0.25) is 5.91 Å². The summed E-state index contributed by atoms with van der Waals surface area (Å²) in [5.74, 6) is -1.59. The minimum atomic E-state index is -0.622. The molecule has 0 aliphatic heterocycles. The van der Waals surface area contributed by atoms with Gasteiger partial charge in [0.25, 0.3) is 0 Å². The van der Waals surface area contributed by atoms with Gasteiger partial charge in [-0.15, -0.1) is 0 Å². The van der Waals surface area contributed by atoms with Gasteiger partial charge in [0.15, 0.2) is 5.96 Å². The molecule has 1 aromatic rings. The molecule has 0 bridgehead atoms. The molecule has 108 valence electrons. The fraction of sp³-hybridized carbons (Fsp3) is 0.385. The number of nitrogens with zero attached hydrogens (tertiary/aromatic N) is 1. The molecule has 0 aromatic heterocycles. The molecule has 0 atom stereocenters. The van der Waals surface area contributed by atoms with Gasteiger partial charge in [0, 0.05) is 19.0 Å². The first-order chi connectivity index (χ1) is 9.40. The van der Waals surface area contributed by atoms with E-state index in [2.05, 4.69) is 10.3 Å². The van der Waals surface area contributed by atoms with E-state index in [1.807, 2.05) is 0 Å². The Morgan fingerprint density at radius 2 is 2.05 bits per heavy atom. The van der Waals surface area contributed by atoms with E-state index in [-0.39, 0.29) is 29.4 Å². The molecular weight excluding hydrogens is 266 g/mol. The summed E-state index contributed by atoms with van der Waals surface area (Å²) in [7, 11) is 0. The van der Waals surface area contributed by atoms with Crippen LogP contribution in [-0.2, 0) is 4.79 Å². The number of guanidine groups is 1. The van der Waals surface area contributed by atoms with Crippen LogP contribution in [-0.4, -0.2) is 18.4 Å². The van der Waals surface area contributed by atoms with Crippen molar-refractivity contribution in [2.45, 2.75) is 19.3 Å². The number of hydrogen-bond donors (Lipinski definition) is 3. The molecule has 1 aliphatic rings. The highest BCUT2D eigenvalue weighted by Gasteiger charge is 2.43. The van der Waals surface area contributed by atoms with Gasteiger partial charge >= 0.3 is 0 Å². The predicted molar refractivity (Wildman–Crippen MR) is 71.9 cm³/mol. The maximum atomic E-state index is 13.4. The van der Waals surface area contributed by atoms with Crippen molar-refractivity contribution < 1.29 is 13.6 Å². The van der Waals surface area contributed by atoms with Crippen molar-refractivity contribution in [3.63, 3.8) is 0 Å². The van der Waals surface area contributed by atoms with Crippen LogP contribution in [0, 0.1) is 17.0 Å². The molecule has 0 spiro atoms. The summed E-state index contributed by atoms with van der Waals surface area (Å²) in [5, 5.41) is 2.50. The molecule has 20 heavy (non-hydrogen) atoms. The number of primary amides is 1. The van der Waals surface area contributed by atoms with Gasteiger partial charge in [-0.2, -0.15) is 0 Å². The number of benzene rings is 1. The molecule has 1 aliphatic carbocycles. The molecule has 5 N–H and O–H groups in total. The zero-order chi connectivity index (χ0) is 14.8. The number of carbonyl (C=O) groups is 1. The van der Waals surface area contributed by atoms with Crippen LogP contribution >= 0.6 is 0 Å². The minimum Gasteiger partial charge on any atom is -0.370 e. The van der Waals surface area contributed by atoms with Crippen molar-refractivity contribution in [3.8, 4) is 0 Å². The van der Waals surface area contributed by atoms with Crippen molar-refractivity contribution in [1.82, 2.24) is 0 Å². The van der Waals surface area contributed by atoms with Gasteiger partial charge in [-0.3, -0.25) is 9.79 Å². The van der Waals surface area contributed by atoms with Crippen molar-refractivity contribution in [2.24, 2.45) is 21.9 Å². The minimum absolute atomic E-state index is 0.0229. The molecule has 1 saturated carbocycles. The Hall–Kier alpha value is -2.18. The Bertz CT molecular complexity index is 555. The Labute approximate surface area is 115 Å². The molecule has 0 unspecified atom stereocenters. The maximum Gasteiger partial charge on any atom is 0.218 e. The van der Waals surface area contributed by atoms with Crippen molar-refractivity contribution >= 4 is 17.6 Å². The van der Waals surface area contributed by atoms with E-state index < -0.39 is 11.6 Å². The van der Waals surface area contributed by atoms with Crippen LogP contribution in [0.25, 0.3) is 0 Å². The number of rotatable bonds is 5. The number of carbonyl (C=O) groups excluding carboxylic acids is 1. The van der Waals surface area contributed by atoms with Crippen LogP contribution in [0.3, 0.4) is 0 Å². The first-order valence-electron chi connectivity index (χ1n) is 6.21. The lowest BCUT2D eigenvalue weighted by atomic mass is 10.0. The monoisotopic (exact) mass is 282 g/mol. The van der Waals surface area contributed by atoms with Crippen LogP contribution in [0.4, 0.5) is 14.5 Å². The van der Waals surface area contributed by atoms with E-state index in [1.54, 1.807) is 0 Å². The third kappa shape index (κ3) is 3.66. The fourth-order valence-corrected chi connectivity index (χ4v) is 1.96. The molecule has 0 saturated heterocycles. The smallest absolute Gasteiger partial charge is 0.218 e. The second kappa shape index (κ2) is 5.44. The summed E-state index contributed by atoms with van der Waals surface area (Å²) >= 11 is 0. The van der Waals surface area contributed by atoms with Gasteiger partial charge in [-0.1, -0.05) is 0 Å². The average Bonchev–Trinajstić information content (AvgIpc) is 3.11. The maximum absolute atomic E-state index is 13.4. The average molecular weight is 282 g/mol. The topological polar surface area (TPSA) is 93.5 Å². The van der Waals surface area contributed by atoms with Crippen molar-refractivity contribution in [3.05, 3.63) is 29.8 Å². The molecule has 7 heteroatoms. The van der Waals surface area contributed by atoms with Gasteiger partial charge in [0.1, 0.15) is 11.6 Å². The van der Waals surface area contributed by atoms with Crippen LogP contribution in [0.1, 0.15) is 19.3 Å². The molecule has 0 radical (unpaired) electrons. The Kier molecular flexibility index (Phi) is 3.87. The normalized spacial score (nSPS) is 16.8. The number of nitrogens with two attached hydrogens (primary N) is 2. The van der Waals surface area contributed by atoms with Gasteiger partial charge in [0.05, 0.1) is 5.69 Å². The zero-order valence-corrected chi connectivity index (χ0v) is 10.8. The summed E-state index contributed by atoms with van der Waals surface area (Å²) in [6, 6.07) is 3.01. The lowest BCUT2D eigenvalue weighted by Crippen LogP contribution is -2.26. The highest BCUT2D eigenvalue weighted by molar-refractivity contribution is 5.92. The Morgan fingerprint density at radius 1 is 1.35 bits per heavy atom. The molecular formula is C13H16F2N4O. The SMILES string of the molecule is NC(=O)CC1(CN=C(N)Nc2cc(F)ccc2F)CC1. The van der Waals surface area contributed by atoms with Crippen LogP contribution < -0.4 is 16.8 Å². The van der Waals surface area contributed by atoms with E-state index in [9.17, 15) is 13.6 Å². The molecule has 2 rings (SSSR count). The Balaban J connectivity index is 1.98. The number of anilines is 1. The molecule has 1 amide bonds. The number of halogens is 2. The summed E-state index contributed by atoms with van der Waals surface area (Å²) in [5.41, 5.74) is 10.5.